The van der Waals surface area contributed by atoms with E-state index < -0.39 is 18.4 Å². The SMILES string of the molecule is Cc1[nH]c2ccccc2c1C(=O)C(=O)OCC(=O)N1[C@@H](C)CCC[C@@H]1C. The number of ether oxygens (including phenoxy) is 1. The topological polar surface area (TPSA) is 79.5 Å². The highest BCUT2D eigenvalue weighted by atomic mass is 16.5. The molecule has 0 radical (unpaired) electrons. The van der Waals surface area contributed by atoms with Gasteiger partial charge in [0.05, 0.1) is 5.56 Å². The Balaban J connectivity index is 1.69. The van der Waals surface area contributed by atoms with Gasteiger partial charge in [0, 0.05) is 28.7 Å². The molecule has 0 spiro atoms. The Labute approximate surface area is 152 Å². The van der Waals surface area contributed by atoms with Crippen LogP contribution in [0.3, 0.4) is 0 Å². The fraction of sp³-hybridized carbons (Fsp3) is 0.450. The quantitative estimate of drug-likeness (QED) is 0.519. The second-order valence-corrected chi connectivity index (χ2v) is 7.01. The number of amides is 1. The van der Waals surface area contributed by atoms with Crippen LogP contribution in [0.2, 0.25) is 0 Å². The number of piperidine rings is 1. The van der Waals surface area contributed by atoms with E-state index in [2.05, 4.69) is 4.98 Å². The number of benzene rings is 1. The lowest BCUT2D eigenvalue weighted by Crippen LogP contribution is -2.49. The maximum atomic E-state index is 12.5. The van der Waals surface area contributed by atoms with Gasteiger partial charge in [-0.3, -0.25) is 9.59 Å². The summed E-state index contributed by atoms with van der Waals surface area (Å²) in [6.45, 7) is 5.33. The van der Waals surface area contributed by atoms with Gasteiger partial charge in [0.15, 0.2) is 6.61 Å². The van der Waals surface area contributed by atoms with Gasteiger partial charge in [-0.05, 0) is 46.1 Å². The van der Waals surface area contributed by atoms with E-state index in [1.165, 1.54) is 0 Å². The number of hydrogen-bond donors (Lipinski definition) is 1. The lowest BCUT2D eigenvalue weighted by atomic mass is 9.97. The van der Waals surface area contributed by atoms with E-state index in [-0.39, 0.29) is 18.0 Å². The molecule has 0 unspecified atom stereocenters. The molecule has 0 bridgehead atoms. The lowest BCUT2D eigenvalue weighted by Gasteiger charge is -2.38. The third-order valence-electron chi connectivity index (χ3n) is 5.11. The summed E-state index contributed by atoms with van der Waals surface area (Å²) in [5, 5.41) is 0.677. The van der Waals surface area contributed by atoms with Crippen LogP contribution in [0, 0.1) is 6.92 Å². The average Bonchev–Trinajstić information content (AvgIpc) is 2.94. The third-order valence-corrected chi connectivity index (χ3v) is 5.11. The van der Waals surface area contributed by atoms with E-state index in [1.54, 1.807) is 24.0 Å². The number of para-hydroxylation sites is 1. The van der Waals surface area contributed by atoms with E-state index >= 15 is 0 Å². The molecule has 2 atom stereocenters. The highest BCUT2D eigenvalue weighted by Gasteiger charge is 2.30. The van der Waals surface area contributed by atoms with E-state index in [4.69, 9.17) is 4.74 Å². The molecule has 1 N–H and O–H groups in total. The minimum atomic E-state index is -0.997. The zero-order chi connectivity index (χ0) is 18.8. The van der Waals surface area contributed by atoms with Gasteiger partial charge in [-0.1, -0.05) is 18.2 Å². The maximum absolute atomic E-state index is 12.5. The molecule has 3 rings (SSSR count). The molecule has 1 saturated heterocycles. The number of H-pyrrole nitrogens is 1. The highest BCUT2D eigenvalue weighted by molar-refractivity contribution is 6.43. The van der Waals surface area contributed by atoms with Crippen molar-refractivity contribution in [2.45, 2.75) is 52.1 Å². The van der Waals surface area contributed by atoms with Gasteiger partial charge in [-0.2, -0.15) is 0 Å². The summed E-state index contributed by atoms with van der Waals surface area (Å²) in [5.41, 5.74) is 1.70. The van der Waals surface area contributed by atoms with E-state index in [0.29, 0.717) is 16.6 Å². The maximum Gasteiger partial charge on any atom is 0.380 e. The second kappa shape index (κ2) is 7.32. The van der Waals surface area contributed by atoms with E-state index in [1.807, 2.05) is 26.0 Å². The van der Waals surface area contributed by atoms with Gasteiger partial charge in [-0.25, -0.2) is 4.79 Å². The van der Waals surface area contributed by atoms with Crippen molar-refractivity contribution in [1.82, 2.24) is 9.88 Å². The second-order valence-electron chi connectivity index (χ2n) is 7.01. The number of nitrogens with one attached hydrogen (secondary N) is 1. The molecule has 1 aromatic heterocycles. The standard InChI is InChI=1S/C20H24N2O4/c1-12-7-6-8-13(2)22(12)17(23)11-26-20(25)19(24)18-14(3)21-16-10-5-4-9-15(16)18/h4-5,9-10,12-13,21H,6-8,11H2,1-3H3/t12-,13-/m0/s1. The minimum Gasteiger partial charge on any atom is -0.450 e. The summed E-state index contributed by atoms with van der Waals surface area (Å²) in [6.07, 6.45) is 2.97. The molecule has 138 valence electrons. The molecule has 6 nitrogen and oxygen atoms in total. The number of carbonyl (C=O) groups excluding carboxylic acids is 3. The van der Waals surface area contributed by atoms with E-state index in [9.17, 15) is 14.4 Å². The van der Waals surface area contributed by atoms with Gasteiger partial charge in [-0.15, -0.1) is 0 Å². The molecular formula is C20H24N2O4. The Bertz CT molecular complexity index is 845. The Kier molecular flexibility index (Phi) is 5.11. The van der Waals surface area contributed by atoms with Crippen molar-refractivity contribution in [3.8, 4) is 0 Å². The smallest absolute Gasteiger partial charge is 0.380 e. The fourth-order valence-corrected chi connectivity index (χ4v) is 3.85. The molecule has 6 heteroatoms. The number of esters is 1. The van der Waals surface area contributed by atoms with Crippen LogP contribution in [-0.2, 0) is 14.3 Å². The number of aromatic nitrogens is 1. The Morgan fingerprint density at radius 3 is 2.50 bits per heavy atom. The molecule has 1 amide bonds. The number of fused-ring (bicyclic) bond motifs is 1. The van der Waals surface area contributed by atoms with Crippen LogP contribution >= 0.6 is 0 Å². The first-order valence-corrected chi connectivity index (χ1v) is 9.00. The lowest BCUT2D eigenvalue weighted by molar-refractivity contribution is -0.151. The van der Waals surface area contributed by atoms with Gasteiger partial charge in [0.2, 0.25) is 0 Å². The number of aromatic amines is 1. The van der Waals surface area contributed by atoms with Crippen LogP contribution in [0.4, 0.5) is 0 Å². The van der Waals surface area contributed by atoms with E-state index in [0.717, 1.165) is 24.8 Å². The first-order chi connectivity index (χ1) is 12.4. The summed E-state index contributed by atoms with van der Waals surface area (Å²) >= 11 is 0. The monoisotopic (exact) mass is 356 g/mol. The summed E-state index contributed by atoms with van der Waals surface area (Å²) in [5.74, 6) is -1.97. The average molecular weight is 356 g/mol. The summed E-state index contributed by atoms with van der Waals surface area (Å²) in [7, 11) is 0. The number of ketones is 1. The van der Waals surface area contributed by atoms with Crippen molar-refractivity contribution in [3.05, 3.63) is 35.5 Å². The van der Waals surface area contributed by atoms with Gasteiger partial charge in [0.25, 0.3) is 11.7 Å². The zero-order valence-corrected chi connectivity index (χ0v) is 15.4. The molecule has 1 fully saturated rings. The number of rotatable bonds is 4. The molecule has 2 heterocycles. The van der Waals surface area contributed by atoms with Gasteiger partial charge in [0.1, 0.15) is 0 Å². The number of carbonyl (C=O) groups is 3. The van der Waals surface area contributed by atoms with Crippen molar-refractivity contribution in [2.24, 2.45) is 0 Å². The van der Waals surface area contributed by atoms with Crippen molar-refractivity contribution in [3.63, 3.8) is 0 Å². The molecule has 0 saturated carbocycles. The number of aryl methyl sites for hydroxylation is 1. The Morgan fingerprint density at radius 1 is 1.15 bits per heavy atom. The van der Waals surface area contributed by atoms with Crippen molar-refractivity contribution in [2.75, 3.05) is 6.61 Å². The Morgan fingerprint density at radius 2 is 1.81 bits per heavy atom. The van der Waals surface area contributed by atoms with Gasteiger partial charge >= 0.3 is 5.97 Å². The molecule has 1 aliphatic rings. The molecule has 1 aliphatic heterocycles. The molecule has 0 aliphatic carbocycles. The highest BCUT2D eigenvalue weighted by Crippen LogP contribution is 2.24. The number of nitrogens with zero attached hydrogens (tertiary/aromatic N) is 1. The van der Waals surface area contributed by atoms with Crippen LogP contribution in [-0.4, -0.2) is 46.2 Å². The van der Waals surface area contributed by atoms with Crippen molar-refractivity contribution in [1.29, 1.82) is 0 Å². The minimum absolute atomic E-state index is 0.122. The van der Waals surface area contributed by atoms with Crippen molar-refractivity contribution < 1.29 is 19.1 Å². The Hall–Kier alpha value is -2.63. The summed E-state index contributed by atoms with van der Waals surface area (Å²) in [6, 6.07) is 7.52. The van der Waals surface area contributed by atoms with Crippen molar-refractivity contribution >= 4 is 28.6 Å². The van der Waals surface area contributed by atoms with Crippen LogP contribution in [0.25, 0.3) is 10.9 Å². The van der Waals surface area contributed by atoms with Gasteiger partial charge < -0.3 is 14.6 Å². The molecule has 26 heavy (non-hydrogen) atoms. The number of hydrogen-bond acceptors (Lipinski definition) is 4. The largest absolute Gasteiger partial charge is 0.450 e. The first kappa shape index (κ1) is 18.2. The third kappa shape index (κ3) is 3.36. The first-order valence-electron chi connectivity index (χ1n) is 9.00. The van der Waals surface area contributed by atoms with Crippen LogP contribution < -0.4 is 0 Å². The van der Waals surface area contributed by atoms with Crippen LogP contribution in [0.1, 0.15) is 49.2 Å². The molecular weight excluding hydrogens is 332 g/mol. The molecule has 1 aromatic carbocycles. The summed E-state index contributed by atoms with van der Waals surface area (Å²) < 4.78 is 5.05. The van der Waals surface area contributed by atoms with Crippen LogP contribution in [0.15, 0.2) is 24.3 Å². The fourth-order valence-electron chi connectivity index (χ4n) is 3.85. The molecule has 2 aromatic rings. The normalized spacial score (nSPS) is 20.2. The predicted molar refractivity (Wildman–Crippen MR) is 97.9 cm³/mol. The zero-order valence-electron chi connectivity index (χ0n) is 15.4. The van der Waals surface area contributed by atoms with Crippen LogP contribution in [0.5, 0.6) is 0 Å². The number of Topliss-reactive ketones (excluding diaryl/α,β-unsaturated/α-hetero) is 1. The predicted octanol–water partition coefficient (Wildman–Crippen LogP) is 2.99. The number of likely N-dealkylation sites (tertiary alicyclic amines) is 1. The summed E-state index contributed by atoms with van der Waals surface area (Å²) in [4.78, 5) is 42.1.